The van der Waals surface area contributed by atoms with Crippen LogP contribution in [0.4, 0.5) is 5.69 Å². The molecule has 0 aromatic heterocycles. The van der Waals surface area contributed by atoms with Crippen LogP contribution in [0, 0.1) is 10.1 Å². The first-order chi connectivity index (χ1) is 13.9. The number of benzene rings is 2. The van der Waals surface area contributed by atoms with Crippen molar-refractivity contribution in [3.8, 4) is 5.75 Å². The summed E-state index contributed by atoms with van der Waals surface area (Å²) in [6, 6.07) is 9.78. The molecule has 1 N–H and O–H groups in total. The van der Waals surface area contributed by atoms with Gasteiger partial charge in [-0.1, -0.05) is 24.3 Å². The standard InChI is InChI=1S/C20H19ClN2O6/c1-29-16-6-3-2-5-14(16)18-17(20(25)26)13-8-7-12(23(27)28)11-15(13)19(24)22(18)10-4-9-21/h2-3,5-8,11,17-18H,4,9-10H2,1H3,(H,25,26)/t17-,18-/m1/s1. The zero-order valence-electron chi connectivity index (χ0n) is 15.6. The van der Waals surface area contributed by atoms with Gasteiger partial charge >= 0.3 is 5.97 Å². The van der Waals surface area contributed by atoms with E-state index in [4.69, 9.17) is 16.3 Å². The van der Waals surface area contributed by atoms with Crippen molar-refractivity contribution in [3.63, 3.8) is 0 Å². The molecule has 2 atom stereocenters. The lowest BCUT2D eigenvalue weighted by Gasteiger charge is -2.41. The molecular formula is C20H19ClN2O6. The van der Waals surface area contributed by atoms with Gasteiger partial charge in [0, 0.05) is 30.1 Å². The highest BCUT2D eigenvalue weighted by Gasteiger charge is 2.45. The van der Waals surface area contributed by atoms with E-state index in [9.17, 15) is 24.8 Å². The van der Waals surface area contributed by atoms with E-state index in [-0.39, 0.29) is 29.2 Å². The Morgan fingerprint density at radius 2 is 2.00 bits per heavy atom. The van der Waals surface area contributed by atoms with Crippen LogP contribution in [0.1, 0.15) is 39.9 Å². The topological polar surface area (TPSA) is 110 Å². The maximum absolute atomic E-state index is 13.3. The number of hydrogen-bond donors (Lipinski definition) is 1. The average molecular weight is 419 g/mol. The minimum Gasteiger partial charge on any atom is -0.496 e. The van der Waals surface area contributed by atoms with Crippen LogP contribution in [0.2, 0.25) is 0 Å². The fraction of sp³-hybridized carbons (Fsp3) is 0.300. The van der Waals surface area contributed by atoms with Gasteiger partial charge in [-0.05, 0) is 18.1 Å². The predicted octanol–water partition coefficient (Wildman–Crippen LogP) is 3.60. The third-order valence-corrected chi connectivity index (χ3v) is 5.25. The number of methoxy groups -OCH3 is 1. The number of halogens is 1. The number of nitro groups is 1. The average Bonchev–Trinajstić information content (AvgIpc) is 2.72. The molecule has 1 amide bonds. The first kappa shape index (κ1) is 20.6. The molecule has 29 heavy (non-hydrogen) atoms. The number of non-ortho nitro benzene ring substituents is 1. The maximum atomic E-state index is 13.3. The number of para-hydroxylation sites is 1. The number of rotatable bonds is 7. The van der Waals surface area contributed by atoms with Crippen LogP contribution < -0.4 is 4.74 Å². The lowest BCUT2D eigenvalue weighted by molar-refractivity contribution is -0.384. The first-order valence-corrected chi connectivity index (χ1v) is 9.45. The summed E-state index contributed by atoms with van der Waals surface area (Å²) in [5.74, 6) is -1.99. The van der Waals surface area contributed by atoms with Crippen LogP contribution in [-0.4, -0.2) is 46.3 Å². The van der Waals surface area contributed by atoms with Gasteiger partial charge in [-0.25, -0.2) is 0 Å². The summed E-state index contributed by atoms with van der Waals surface area (Å²) in [6.07, 6.45) is 0.440. The van der Waals surface area contributed by atoms with Gasteiger partial charge in [0.15, 0.2) is 0 Å². The highest BCUT2D eigenvalue weighted by molar-refractivity contribution is 6.17. The van der Waals surface area contributed by atoms with Gasteiger partial charge in [0.05, 0.1) is 23.6 Å². The number of alkyl halides is 1. The molecule has 9 heteroatoms. The Labute approximate surface area is 171 Å². The number of carbonyl (C=O) groups is 2. The summed E-state index contributed by atoms with van der Waals surface area (Å²) in [4.78, 5) is 37.6. The number of ether oxygens (including phenoxy) is 1. The van der Waals surface area contributed by atoms with Crippen molar-refractivity contribution in [2.75, 3.05) is 19.5 Å². The van der Waals surface area contributed by atoms with Gasteiger partial charge in [0.2, 0.25) is 0 Å². The molecule has 0 radical (unpaired) electrons. The molecule has 1 heterocycles. The van der Waals surface area contributed by atoms with E-state index in [1.807, 2.05) is 0 Å². The second-order valence-electron chi connectivity index (χ2n) is 6.57. The Kier molecular flexibility index (Phi) is 6.03. The molecule has 152 valence electrons. The highest BCUT2D eigenvalue weighted by atomic mass is 35.5. The van der Waals surface area contributed by atoms with E-state index in [1.54, 1.807) is 24.3 Å². The Bertz CT molecular complexity index is 964. The number of carbonyl (C=O) groups excluding carboxylic acids is 1. The summed E-state index contributed by atoms with van der Waals surface area (Å²) in [5, 5.41) is 21.2. The molecule has 8 nitrogen and oxygen atoms in total. The molecule has 1 aliphatic heterocycles. The summed E-state index contributed by atoms with van der Waals surface area (Å²) < 4.78 is 5.41. The number of fused-ring (bicyclic) bond motifs is 1. The van der Waals surface area contributed by atoms with Crippen molar-refractivity contribution in [1.29, 1.82) is 0 Å². The van der Waals surface area contributed by atoms with Gasteiger partial charge in [-0.15, -0.1) is 11.6 Å². The summed E-state index contributed by atoms with van der Waals surface area (Å²) in [5.41, 5.74) is 0.544. The molecule has 0 aliphatic carbocycles. The SMILES string of the molecule is COc1ccccc1[C@@H]1[C@H](C(=O)O)c2ccc([N+](=O)[O-])cc2C(=O)N1CCCCl. The van der Waals surface area contributed by atoms with E-state index in [0.29, 0.717) is 17.7 Å². The van der Waals surface area contributed by atoms with Gasteiger partial charge in [-0.3, -0.25) is 19.7 Å². The van der Waals surface area contributed by atoms with E-state index >= 15 is 0 Å². The van der Waals surface area contributed by atoms with Gasteiger partial charge in [0.1, 0.15) is 11.7 Å². The van der Waals surface area contributed by atoms with Crippen LogP contribution in [-0.2, 0) is 4.79 Å². The van der Waals surface area contributed by atoms with Crippen molar-refractivity contribution < 1.29 is 24.4 Å². The normalized spacial score (nSPS) is 18.3. The monoisotopic (exact) mass is 418 g/mol. The van der Waals surface area contributed by atoms with Crippen LogP contribution >= 0.6 is 11.6 Å². The number of carboxylic acids is 1. The van der Waals surface area contributed by atoms with Crippen LogP contribution in [0.5, 0.6) is 5.75 Å². The minimum atomic E-state index is -1.14. The second-order valence-corrected chi connectivity index (χ2v) is 6.95. The number of amides is 1. The zero-order chi connectivity index (χ0) is 21.1. The third-order valence-electron chi connectivity index (χ3n) is 4.98. The van der Waals surface area contributed by atoms with Gasteiger partial charge in [0.25, 0.3) is 11.6 Å². The number of hydrogen-bond acceptors (Lipinski definition) is 5. The fourth-order valence-electron chi connectivity index (χ4n) is 3.74. The van der Waals surface area contributed by atoms with Crippen molar-refractivity contribution in [2.24, 2.45) is 0 Å². The van der Waals surface area contributed by atoms with E-state index in [0.717, 1.165) is 6.07 Å². The number of carboxylic acid groups (broad SMARTS) is 1. The Morgan fingerprint density at radius 1 is 1.28 bits per heavy atom. The molecular weight excluding hydrogens is 400 g/mol. The summed E-state index contributed by atoms with van der Waals surface area (Å²) >= 11 is 5.82. The molecule has 0 bridgehead atoms. The Hall–Kier alpha value is -3.13. The molecule has 0 spiro atoms. The van der Waals surface area contributed by atoms with Crippen molar-refractivity contribution in [3.05, 3.63) is 69.3 Å². The lowest BCUT2D eigenvalue weighted by atomic mass is 9.79. The molecule has 0 fully saturated rings. The fourth-order valence-corrected chi connectivity index (χ4v) is 3.86. The van der Waals surface area contributed by atoms with E-state index < -0.39 is 28.8 Å². The molecule has 0 saturated carbocycles. The molecule has 3 rings (SSSR count). The van der Waals surface area contributed by atoms with Crippen LogP contribution in [0.25, 0.3) is 0 Å². The molecule has 0 unspecified atom stereocenters. The predicted molar refractivity (Wildman–Crippen MR) is 106 cm³/mol. The van der Waals surface area contributed by atoms with E-state index in [2.05, 4.69) is 0 Å². The number of nitro benzene ring substituents is 1. The number of nitrogens with zero attached hydrogens (tertiary/aromatic N) is 2. The smallest absolute Gasteiger partial charge is 0.313 e. The van der Waals surface area contributed by atoms with Gasteiger partial charge in [-0.2, -0.15) is 0 Å². The first-order valence-electron chi connectivity index (χ1n) is 8.91. The zero-order valence-corrected chi connectivity index (χ0v) is 16.3. The van der Waals surface area contributed by atoms with Crippen molar-refractivity contribution in [1.82, 2.24) is 4.90 Å². The number of aliphatic carboxylic acids is 1. The Balaban J connectivity index is 2.25. The highest BCUT2D eigenvalue weighted by Crippen LogP contribution is 2.46. The summed E-state index contributed by atoms with van der Waals surface area (Å²) in [6.45, 7) is 0.205. The van der Waals surface area contributed by atoms with Crippen LogP contribution in [0.15, 0.2) is 42.5 Å². The molecule has 2 aromatic carbocycles. The molecule has 2 aromatic rings. The van der Waals surface area contributed by atoms with Crippen molar-refractivity contribution in [2.45, 2.75) is 18.4 Å². The second kappa shape index (κ2) is 8.48. The molecule has 0 saturated heterocycles. The van der Waals surface area contributed by atoms with Crippen molar-refractivity contribution >= 4 is 29.2 Å². The maximum Gasteiger partial charge on any atom is 0.313 e. The minimum absolute atomic E-state index is 0.0207. The quantitative estimate of drug-likeness (QED) is 0.418. The third kappa shape index (κ3) is 3.75. The largest absolute Gasteiger partial charge is 0.496 e. The van der Waals surface area contributed by atoms with Crippen LogP contribution in [0.3, 0.4) is 0 Å². The van der Waals surface area contributed by atoms with Gasteiger partial charge < -0.3 is 14.7 Å². The molecule has 1 aliphatic rings. The summed E-state index contributed by atoms with van der Waals surface area (Å²) in [7, 11) is 1.47. The van der Waals surface area contributed by atoms with E-state index in [1.165, 1.54) is 24.1 Å². The Morgan fingerprint density at radius 3 is 2.62 bits per heavy atom. The lowest BCUT2D eigenvalue weighted by Crippen LogP contribution is -2.45.